The van der Waals surface area contributed by atoms with Crippen LogP contribution >= 0.6 is 0 Å². The molecule has 23 heavy (non-hydrogen) atoms. The number of amides is 1. The van der Waals surface area contributed by atoms with Gasteiger partial charge in [0.25, 0.3) is 0 Å². The Morgan fingerprint density at radius 1 is 1.35 bits per heavy atom. The van der Waals surface area contributed by atoms with Crippen molar-refractivity contribution in [3.63, 3.8) is 0 Å². The highest BCUT2D eigenvalue weighted by Gasteiger charge is 2.31. The molecule has 0 saturated carbocycles. The van der Waals surface area contributed by atoms with Crippen LogP contribution in [0.5, 0.6) is 5.75 Å². The Balaban J connectivity index is 1.58. The zero-order valence-corrected chi connectivity index (χ0v) is 14.0. The highest BCUT2D eigenvalue weighted by atomic mass is 32.2. The normalized spacial score (nSPS) is 25.7. The van der Waals surface area contributed by atoms with Crippen molar-refractivity contribution in [2.75, 3.05) is 31.7 Å². The maximum Gasteiger partial charge on any atom is 0.234 e. The van der Waals surface area contributed by atoms with Crippen LogP contribution in [0.2, 0.25) is 0 Å². The molecule has 0 aliphatic carbocycles. The molecule has 7 heteroatoms. The molecule has 1 aromatic rings. The molecule has 2 aliphatic rings. The summed E-state index contributed by atoms with van der Waals surface area (Å²) in [6, 6.07) is 7.61. The molecule has 0 aromatic heterocycles. The van der Waals surface area contributed by atoms with E-state index in [1.807, 2.05) is 36.2 Å². The van der Waals surface area contributed by atoms with Gasteiger partial charge in [-0.15, -0.1) is 0 Å². The van der Waals surface area contributed by atoms with Crippen molar-refractivity contribution >= 4 is 15.7 Å². The second kappa shape index (κ2) is 6.49. The van der Waals surface area contributed by atoms with Gasteiger partial charge in [-0.2, -0.15) is 0 Å². The van der Waals surface area contributed by atoms with Gasteiger partial charge in [-0.3, -0.25) is 9.69 Å². The molecule has 1 fully saturated rings. The van der Waals surface area contributed by atoms with E-state index in [-0.39, 0.29) is 36.0 Å². The molecule has 0 bridgehead atoms. The molecule has 0 spiro atoms. The Kier molecular flexibility index (Phi) is 4.59. The molecule has 6 nitrogen and oxygen atoms in total. The van der Waals surface area contributed by atoms with Crippen LogP contribution in [0.25, 0.3) is 0 Å². The average molecular weight is 338 g/mol. The number of benzene rings is 1. The molecule has 3 rings (SSSR count). The molecule has 2 aliphatic heterocycles. The lowest BCUT2D eigenvalue weighted by molar-refractivity contribution is -0.123. The lowest BCUT2D eigenvalue weighted by atomic mass is 10.0. The Hall–Kier alpha value is -1.60. The SMILES string of the molecule is CN(CC(=O)NC1CCOc2ccccc21)C1CCS(=O)(=O)C1. The summed E-state index contributed by atoms with van der Waals surface area (Å²) in [4.78, 5) is 14.1. The van der Waals surface area contributed by atoms with Gasteiger partial charge in [0, 0.05) is 18.0 Å². The summed E-state index contributed by atoms with van der Waals surface area (Å²) >= 11 is 0. The van der Waals surface area contributed by atoms with E-state index in [2.05, 4.69) is 5.32 Å². The fourth-order valence-corrected chi connectivity index (χ4v) is 5.02. The molecule has 0 radical (unpaired) electrons. The summed E-state index contributed by atoms with van der Waals surface area (Å²) < 4.78 is 28.7. The second-order valence-electron chi connectivity index (χ2n) is 6.27. The van der Waals surface area contributed by atoms with E-state index >= 15 is 0 Å². The minimum atomic E-state index is -2.93. The summed E-state index contributed by atoms with van der Waals surface area (Å²) in [5.41, 5.74) is 0.998. The molecule has 126 valence electrons. The molecule has 1 saturated heterocycles. The van der Waals surface area contributed by atoms with E-state index in [9.17, 15) is 13.2 Å². The molecular weight excluding hydrogens is 316 g/mol. The third-order valence-corrected chi connectivity index (χ3v) is 6.27. The first kappa shape index (κ1) is 16.3. The Bertz CT molecular complexity index is 689. The zero-order chi connectivity index (χ0) is 16.4. The third-order valence-electron chi connectivity index (χ3n) is 4.52. The number of para-hydroxylation sites is 1. The summed E-state index contributed by atoms with van der Waals surface area (Å²) in [6.07, 6.45) is 1.34. The lowest BCUT2D eigenvalue weighted by Crippen LogP contribution is -2.42. The third kappa shape index (κ3) is 3.84. The average Bonchev–Trinajstić information content (AvgIpc) is 2.88. The van der Waals surface area contributed by atoms with Gasteiger partial charge in [-0.25, -0.2) is 8.42 Å². The number of rotatable bonds is 4. The van der Waals surface area contributed by atoms with Crippen LogP contribution in [0, 0.1) is 0 Å². The molecular formula is C16H22N2O4S. The minimum Gasteiger partial charge on any atom is -0.493 e. The zero-order valence-electron chi connectivity index (χ0n) is 13.2. The number of ether oxygens (including phenoxy) is 1. The van der Waals surface area contributed by atoms with E-state index in [1.165, 1.54) is 0 Å². The fraction of sp³-hybridized carbons (Fsp3) is 0.562. The molecule has 1 amide bonds. The van der Waals surface area contributed by atoms with Crippen LogP contribution in [-0.4, -0.2) is 57.0 Å². The first-order chi connectivity index (χ1) is 10.9. The largest absolute Gasteiger partial charge is 0.493 e. The Morgan fingerprint density at radius 3 is 2.87 bits per heavy atom. The molecule has 1 aromatic carbocycles. The van der Waals surface area contributed by atoms with E-state index in [0.717, 1.165) is 17.7 Å². The predicted molar refractivity (Wildman–Crippen MR) is 87.1 cm³/mol. The maximum absolute atomic E-state index is 12.3. The van der Waals surface area contributed by atoms with Crippen LogP contribution in [0.15, 0.2) is 24.3 Å². The summed E-state index contributed by atoms with van der Waals surface area (Å²) in [5, 5.41) is 3.04. The van der Waals surface area contributed by atoms with E-state index in [4.69, 9.17) is 4.74 Å². The van der Waals surface area contributed by atoms with Crippen LogP contribution in [0.4, 0.5) is 0 Å². The van der Waals surface area contributed by atoms with E-state index in [1.54, 1.807) is 0 Å². The van der Waals surface area contributed by atoms with Gasteiger partial charge in [-0.05, 0) is 19.5 Å². The summed E-state index contributed by atoms with van der Waals surface area (Å²) in [6.45, 7) is 0.790. The van der Waals surface area contributed by atoms with Crippen molar-refractivity contribution in [2.45, 2.75) is 24.9 Å². The Labute approximate surface area is 136 Å². The van der Waals surface area contributed by atoms with Gasteiger partial charge in [-0.1, -0.05) is 18.2 Å². The van der Waals surface area contributed by atoms with E-state index in [0.29, 0.717) is 13.0 Å². The number of sulfone groups is 1. The number of nitrogens with zero attached hydrogens (tertiary/aromatic N) is 1. The molecule has 2 heterocycles. The maximum atomic E-state index is 12.3. The quantitative estimate of drug-likeness (QED) is 0.877. The highest BCUT2D eigenvalue weighted by Crippen LogP contribution is 2.31. The number of carbonyl (C=O) groups is 1. The first-order valence-electron chi connectivity index (χ1n) is 7.86. The van der Waals surface area contributed by atoms with Gasteiger partial charge < -0.3 is 10.1 Å². The molecule has 1 N–H and O–H groups in total. The van der Waals surface area contributed by atoms with Crippen molar-refractivity contribution in [1.29, 1.82) is 0 Å². The topological polar surface area (TPSA) is 75.7 Å². The number of likely N-dealkylation sites (N-methyl/N-ethyl adjacent to an activating group) is 1. The van der Waals surface area contributed by atoms with Crippen LogP contribution < -0.4 is 10.1 Å². The van der Waals surface area contributed by atoms with Crippen LogP contribution in [0.3, 0.4) is 0 Å². The Morgan fingerprint density at radius 2 is 2.13 bits per heavy atom. The standard InChI is InChI=1S/C16H22N2O4S/c1-18(12-7-9-23(20,21)11-12)10-16(19)17-14-6-8-22-15-5-3-2-4-13(14)15/h2-5,12,14H,6-11H2,1H3,(H,17,19). The smallest absolute Gasteiger partial charge is 0.234 e. The number of hydrogen-bond donors (Lipinski definition) is 1. The fourth-order valence-electron chi connectivity index (χ4n) is 3.21. The lowest BCUT2D eigenvalue weighted by Gasteiger charge is -2.28. The van der Waals surface area contributed by atoms with Gasteiger partial charge in [0.05, 0.1) is 30.7 Å². The molecule has 2 atom stereocenters. The van der Waals surface area contributed by atoms with Gasteiger partial charge in [0.15, 0.2) is 9.84 Å². The van der Waals surface area contributed by atoms with E-state index < -0.39 is 9.84 Å². The minimum absolute atomic E-state index is 0.0480. The first-order valence-corrected chi connectivity index (χ1v) is 9.68. The summed E-state index contributed by atoms with van der Waals surface area (Å²) in [7, 11) is -1.12. The second-order valence-corrected chi connectivity index (χ2v) is 8.50. The van der Waals surface area contributed by atoms with Crippen LogP contribution in [0.1, 0.15) is 24.4 Å². The highest BCUT2D eigenvalue weighted by molar-refractivity contribution is 7.91. The van der Waals surface area contributed by atoms with Gasteiger partial charge in [0.2, 0.25) is 5.91 Å². The van der Waals surface area contributed by atoms with Crippen molar-refractivity contribution in [1.82, 2.24) is 10.2 Å². The van der Waals surface area contributed by atoms with Gasteiger partial charge >= 0.3 is 0 Å². The van der Waals surface area contributed by atoms with Crippen molar-refractivity contribution < 1.29 is 17.9 Å². The molecule has 2 unspecified atom stereocenters. The predicted octanol–water partition coefficient (Wildman–Crippen LogP) is 0.745. The van der Waals surface area contributed by atoms with Crippen molar-refractivity contribution in [2.24, 2.45) is 0 Å². The van der Waals surface area contributed by atoms with Crippen molar-refractivity contribution in [3.05, 3.63) is 29.8 Å². The van der Waals surface area contributed by atoms with Gasteiger partial charge in [0.1, 0.15) is 5.75 Å². The number of nitrogens with one attached hydrogen (secondary N) is 1. The van der Waals surface area contributed by atoms with Crippen molar-refractivity contribution in [3.8, 4) is 5.75 Å². The van der Waals surface area contributed by atoms with Crippen LogP contribution in [-0.2, 0) is 14.6 Å². The number of fused-ring (bicyclic) bond motifs is 1. The summed E-state index contributed by atoms with van der Waals surface area (Å²) in [5.74, 6) is 1.10. The number of carbonyl (C=O) groups excluding carboxylic acids is 1. The monoisotopic (exact) mass is 338 g/mol. The number of hydrogen-bond acceptors (Lipinski definition) is 5.